The molecule has 3 heterocycles. The van der Waals surface area contributed by atoms with Crippen LogP contribution in [0.3, 0.4) is 0 Å². The van der Waals surface area contributed by atoms with Crippen molar-refractivity contribution in [2.45, 2.75) is 20.8 Å². The highest BCUT2D eigenvalue weighted by Crippen LogP contribution is 2.32. The number of rotatable bonds is 4. The number of hydrogen-bond acceptors (Lipinski definition) is 6. The van der Waals surface area contributed by atoms with Gasteiger partial charge in [-0.2, -0.15) is 5.10 Å². The third-order valence-electron chi connectivity index (χ3n) is 5.82. The first-order valence-corrected chi connectivity index (χ1v) is 11.5. The van der Waals surface area contributed by atoms with E-state index in [-0.39, 0.29) is 5.56 Å². The van der Waals surface area contributed by atoms with E-state index in [1.165, 1.54) is 6.07 Å². The molecule has 1 aliphatic rings. The van der Waals surface area contributed by atoms with Crippen molar-refractivity contribution in [3.63, 3.8) is 0 Å². The Morgan fingerprint density at radius 2 is 1.82 bits per heavy atom. The van der Waals surface area contributed by atoms with Crippen LogP contribution in [0.1, 0.15) is 30.7 Å². The fourth-order valence-electron chi connectivity index (χ4n) is 4.04. The molecule has 0 radical (unpaired) electrons. The van der Waals surface area contributed by atoms with Crippen LogP contribution in [0.5, 0.6) is 0 Å². The Morgan fingerprint density at radius 1 is 1.03 bits per heavy atom. The summed E-state index contributed by atoms with van der Waals surface area (Å²) in [6, 6.07) is 15.6. The van der Waals surface area contributed by atoms with Gasteiger partial charge in [0.15, 0.2) is 0 Å². The molecule has 1 aliphatic heterocycles. The van der Waals surface area contributed by atoms with Crippen molar-refractivity contribution < 1.29 is 4.74 Å². The number of nitrogens with one attached hydrogen (secondary N) is 1. The quantitative estimate of drug-likeness (QED) is 0.484. The summed E-state index contributed by atoms with van der Waals surface area (Å²) in [4.78, 5) is 22.8. The average Bonchev–Trinajstić information content (AvgIpc) is 2.90. The van der Waals surface area contributed by atoms with Gasteiger partial charge in [0.1, 0.15) is 6.33 Å². The SMILES string of the molecule is C=C(c1ccc(=O)[nH]n1)c1cc(-c2ncnc3cc(N4CCOCC4)ccc23)ccc1C.CC. The average molecular weight is 456 g/mol. The van der Waals surface area contributed by atoms with Gasteiger partial charge in [0.25, 0.3) is 5.56 Å². The van der Waals surface area contributed by atoms with Crippen molar-refractivity contribution in [1.29, 1.82) is 0 Å². The summed E-state index contributed by atoms with van der Waals surface area (Å²) < 4.78 is 5.47. The van der Waals surface area contributed by atoms with Gasteiger partial charge < -0.3 is 9.64 Å². The molecule has 0 aliphatic carbocycles. The minimum absolute atomic E-state index is 0.240. The first kappa shape index (κ1) is 23.3. The predicted octanol–water partition coefficient (Wildman–Crippen LogP) is 4.61. The van der Waals surface area contributed by atoms with E-state index in [1.807, 2.05) is 20.8 Å². The fourth-order valence-corrected chi connectivity index (χ4v) is 4.04. The van der Waals surface area contributed by atoms with Crippen LogP contribution < -0.4 is 10.5 Å². The van der Waals surface area contributed by atoms with E-state index in [2.05, 4.69) is 68.0 Å². The third-order valence-corrected chi connectivity index (χ3v) is 5.82. The highest BCUT2D eigenvalue weighted by atomic mass is 16.5. The second kappa shape index (κ2) is 10.4. The van der Waals surface area contributed by atoms with Crippen molar-refractivity contribution in [3.8, 4) is 11.3 Å². The Balaban J connectivity index is 0.00000133. The Labute approximate surface area is 199 Å². The molecule has 5 rings (SSSR count). The van der Waals surface area contributed by atoms with Crippen molar-refractivity contribution in [2.24, 2.45) is 0 Å². The van der Waals surface area contributed by atoms with E-state index in [0.29, 0.717) is 5.69 Å². The second-order valence-electron chi connectivity index (χ2n) is 7.84. The lowest BCUT2D eigenvalue weighted by molar-refractivity contribution is 0.122. The molecular formula is C27H29N5O2. The molecule has 1 N–H and O–H groups in total. The predicted molar refractivity (Wildman–Crippen MR) is 137 cm³/mol. The maximum atomic E-state index is 11.4. The second-order valence-corrected chi connectivity index (χ2v) is 7.84. The van der Waals surface area contributed by atoms with Crippen molar-refractivity contribution in [2.75, 3.05) is 31.2 Å². The number of fused-ring (bicyclic) bond motifs is 1. The third kappa shape index (κ3) is 4.75. The summed E-state index contributed by atoms with van der Waals surface area (Å²) >= 11 is 0. The largest absolute Gasteiger partial charge is 0.378 e. The van der Waals surface area contributed by atoms with Crippen LogP contribution in [0.2, 0.25) is 0 Å². The Bertz CT molecular complexity index is 1350. The van der Waals surface area contributed by atoms with Gasteiger partial charge in [-0.05, 0) is 48.4 Å². The molecule has 1 saturated heterocycles. The number of aryl methyl sites for hydroxylation is 1. The first-order valence-electron chi connectivity index (χ1n) is 11.5. The zero-order valence-electron chi connectivity index (χ0n) is 19.8. The van der Waals surface area contributed by atoms with Crippen LogP contribution in [0.25, 0.3) is 27.7 Å². The molecule has 2 aromatic carbocycles. The van der Waals surface area contributed by atoms with E-state index in [4.69, 9.17) is 4.74 Å². The summed E-state index contributed by atoms with van der Waals surface area (Å²) in [5, 5.41) is 7.59. The zero-order chi connectivity index (χ0) is 24.1. The summed E-state index contributed by atoms with van der Waals surface area (Å²) in [7, 11) is 0. The lowest BCUT2D eigenvalue weighted by Gasteiger charge is -2.29. The van der Waals surface area contributed by atoms with Crippen molar-refractivity contribution >= 4 is 22.2 Å². The van der Waals surface area contributed by atoms with Crippen LogP contribution >= 0.6 is 0 Å². The van der Waals surface area contributed by atoms with E-state index < -0.39 is 0 Å². The molecule has 0 atom stereocenters. The number of ether oxygens (including phenoxy) is 1. The van der Waals surface area contributed by atoms with Crippen LogP contribution in [-0.2, 0) is 4.74 Å². The summed E-state index contributed by atoms with van der Waals surface area (Å²) in [6.07, 6.45) is 1.61. The topological polar surface area (TPSA) is 84.0 Å². The number of hydrogen-bond donors (Lipinski definition) is 1. The van der Waals surface area contributed by atoms with E-state index in [1.54, 1.807) is 12.4 Å². The van der Waals surface area contributed by atoms with E-state index >= 15 is 0 Å². The molecule has 2 aromatic heterocycles. The van der Waals surface area contributed by atoms with Gasteiger partial charge in [0.2, 0.25) is 0 Å². The Hall–Kier alpha value is -3.84. The van der Waals surface area contributed by atoms with Crippen LogP contribution in [-0.4, -0.2) is 46.5 Å². The summed E-state index contributed by atoms with van der Waals surface area (Å²) in [5.41, 5.74) is 7.06. The van der Waals surface area contributed by atoms with Crippen molar-refractivity contribution in [1.82, 2.24) is 20.2 Å². The molecule has 7 nitrogen and oxygen atoms in total. The number of aromatic nitrogens is 4. The fraction of sp³-hybridized carbons (Fsp3) is 0.259. The maximum absolute atomic E-state index is 11.4. The molecule has 1 fully saturated rings. The molecule has 0 bridgehead atoms. The van der Waals surface area contributed by atoms with Gasteiger partial charge in [-0.3, -0.25) is 4.79 Å². The lowest BCUT2D eigenvalue weighted by Crippen LogP contribution is -2.36. The van der Waals surface area contributed by atoms with Gasteiger partial charge in [-0.1, -0.05) is 32.6 Å². The normalized spacial score (nSPS) is 13.3. The number of morpholine rings is 1. The minimum Gasteiger partial charge on any atom is -0.378 e. The monoisotopic (exact) mass is 455 g/mol. The highest BCUT2D eigenvalue weighted by Gasteiger charge is 2.15. The van der Waals surface area contributed by atoms with E-state index in [9.17, 15) is 4.79 Å². The number of aromatic amines is 1. The minimum atomic E-state index is -0.240. The first-order chi connectivity index (χ1) is 16.6. The highest BCUT2D eigenvalue weighted by molar-refractivity contribution is 5.94. The van der Waals surface area contributed by atoms with Crippen LogP contribution in [0.4, 0.5) is 5.69 Å². The zero-order valence-corrected chi connectivity index (χ0v) is 19.8. The van der Waals surface area contributed by atoms with Gasteiger partial charge in [0.05, 0.1) is 30.1 Å². The van der Waals surface area contributed by atoms with Gasteiger partial charge in [-0.15, -0.1) is 0 Å². The van der Waals surface area contributed by atoms with Gasteiger partial charge in [0, 0.05) is 41.4 Å². The Morgan fingerprint density at radius 3 is 2.56 bits per heavy atom. The molecule has 4 aromatic rings. The molecule has 34 heavy (non-hydrogen) atoms. The molecule has 0 amide bonds. The van der Waals surface area contributed by atoms with Crippen LogP contribution in [0.15, 0.2) is 66.2 Å². The summed E-state index contributed by atoms with van der Waals surface area (Å²) in [6.45, 7) is 13.5. The molecule has 0 spiro atoms. The van der Waals surface area contributed by atoms with Crippen LogP contribution in [0, 0.1) is 6.92 Å². The standard InChI is InChI=1S/C25H23N5O2.C2H6/c1-16-3-4-18(13-21(16)17(2)22-7-8-24(31)29-28-22)25-20-6-5-19(14-23(20)26-15-27-25)30-9-11-32-12-10-30;1-2/h3-8,13-15H,2,9-12H2,1H3,(H,29,31);1-2H3. The summed E-state index contributed by atoms with van der Waals surface area (Å²) in [5.74, 6) is 0. The molecule has 0 unspecified atom stereocenters. The Kier molecular flexibility index (Phi) is 7.13. The van der Waals surface area contributed by atoms with E-state index in [0.717, 1.165) is 70.9 Å². The number of benzene rings is 2. The molecule has 174 valence electrons. The number of nitrogens with zero attached hydrogens (tertiary/aromatic N) is 4. The van der Waals surface area contributed by atoms with Gasteiger partial charge in [-0.25, -0.2) is 15.1 Å². The number of H-pyrrole nitrogens is 1. The molecule has 0 saturated carbocycles. The molecule has 7 heteroatoms. The van der Waals surface area contributed by atoms with Crippen molar-refractivity contribution in [3.05, 3.63) is 88.6 Å². The maximum Gasteiger partial charge on any atom is 0.264 e. The smallest absolute Gasteiger partial charge is 0.264 e. The molecular weight excluding hydrogens is 426 g/mol. The lowest BCUT2D eigenvalue weighted by atomic mass is 9.95. The number of anilines is 1. The van der Waals surface area contributed by atoms with Gasteiger partial charge >= 0.3 is 0 Å².